The number of nitrogens with one attached hydrogen (secondary N) is 1. The monoisotopic (exact) mass is 297 g/mol. The van der Waals surface area contributed by atoms with E-state index in [1.165, 1.54) is 6.42 Å². The van der Waals surface area contributed by atoms with Gasteiger partial charge in [-0.15, -0.1) is 0 Å². The molecule has 3 atom stereocenters. The minimum Gasteiger partial charge on any atom is -0.444 e. The summed E-state index contributed by atoms with van der Waals surface area (Å²) in [7, 11) is 2.17. The van der Waals surface area contributed by atoms with Crippen molar-refractivity contribution in [2.75, 3.05) is 26.7 Å². The van der Waals surface area contributed by atoms with Crippen molar-refractivity contribution in [2.24, 2.45) is 0 Å². The first-order valence-electron chi connectivity index (χ1n) is 8.20. The molecule has 0 spiro atoms. The third-order valence-electron chi connectivity index (χ3n) is 4.46. The van der Waals surface area contributed by atoms with E-state index < -0.39 is 5.60 Å². The van der Waals surface area contributed by atoms with Gasteiger partial charge < -0.3 is 19.9 Å². The predicted octanol–water partition coefficient (Wildman–Crippen LogP) is 2.07. The van der Waals surface area contributed by atoms with Gasteiger partial charge in [0, 0.05) is 31.2 Å². The summed E-state index contributed by atoms with van der Waals surface area (Å²) in [6.07, 6.45) is 3.21. The van der Waals surface area contributed by atoms with E-state index in [1.807, 2.05) is 25.7 Å². The SMILES string of the molecule is CC1C(NC2CCN(C)C2)CCCN1C(=O)OC(C)(C)C. The number of ether oxygens (including phenoxy) is 1. The minimum atomic E-state index is -0.425. The Morgan fingerprint density at radius 3 is 2.52 bits per heavy atom. The lowest BCUT2D eigenvalue weighted by atomic mass is 9.97. The lowest BCUT2D eigenvalue weighted by Gasteiger charge is -2.41. The smallest absolute Gasteiger partial charge is 0.410 e. The Morgan fingerprint density at radius 2 is 1.95 bits per heavy atom. The average molecular weight is 297 g/mol. The number of nitrogens with zero attached hydrogens (tertiary/aromatic N) is 2. The quantitative estimate of drug-likeness (QED) is 0.847. The second-order valence-corrected chi connectivity index (χ2v) is 7.58. The number of rotatable bonds is 2. The van der Waals surface area contributed by atoms with Crippen LogP contribution in [-0.4, -0.2) is 66.3 Å². The molecule has 0 radical (unpaired) electrons. The van der Waals surface area contributed by atoms with Crippen molar-refractivity contribution in [3.05, 3.63) is 0 Å². The molecule has 0 saturated carbocycles. The minimum absolute atomic E-state index is 0.176. The highest BCUT2D eigenvalue weighted by Gasteiger charge is 2.35. The van der Waals surface area contributed by atoms with Crippen LogP contribution in [-0.2, 0) is 4.74 Å². The van der Waals surface area contributed by atoms with Crippen LogP contribution in [0.5, 0.6) is 0 Å². The summed E-state index contributed by atoms with van der Waals surface area (Å²) in [4.78, 5) is 16.6. The van der Waals surface area contributed by atoms with Crippen molar-refractivity contribution in [3.63, 3.8) is 0 Å². The third kappa shape index (κ3) is 4.58. The molecular weight excluding hydrogens is 266 g/mol. The highest BCUT2D eigenvalue weighted by Crippen LogP contribution is 2.22. The van der Waals surface area contributed by atoms with Crippen LogP contribution in [0.1, 0.15) is 47.0 Å². The Bertz CT molecular complexity index is 367. The number of carbonyl (C=O) groups excluding carboxylic acids is 1. The zero-order valence-electron chi connectivity index (χ0n) is 14.2. The third-order valence-corrected chi connectivity index (χ3v) is 4.46. The Hall–Kier alpha value is -0.810. The van der Waals surface area contributed by atoms with Crippen LogP contribution in [0.3, 0.4) is 0 Å². The number of likely N-dealkylation sites (N-methyl/N-ethyl adjacent to an activating group) is 1. The summed E-state index contributed by atoms with van der Waals surface area (Å²) in [6, 6.07) is 1.13. The largest absolute Gasteiger partial charge is 0.444 e. The number of hydrogen-bond donors (Lipinski definition) is 1. The number of hydrogen-bond acceptors (Lipinski definition) is 4. The molecule has 0 aromatic rings. The molecule has 5 nitrogen and oxygen atoms in total. The molecule has 2 saturated heterocycles. The Kier molecular flexibility index (Phi) is 5.15. The van der Waals surface area contributed by atoms with Crippen LogP contribution in [0.2, 0.25) is 0 Å². The summed E-state index contributed by atoms with van der Waals surface area (Å²) in [6.45, 7) is 11.0. The second kappa shape index (κ2) is 6.53. The molecule has 5 heteroatoms. The molecule has 122 valence electrons. The Balaban J connectivity index is 1.91. The van der Waals surface area contributed by atoms with Crippen molar-refractivity contribution < 1.29 is 9.53 Å². The van der Waals surface area contributed by atoms with E-state index in [2.05, 4.69) is 24.2 Å². The molecule has 0 aromatic carbocycles. The number of carbonyl (C=O) groups is 1. The van der Waals surface area contributed by atoms with Crippen molar-refractivity contribution in [1.29, 1.82) is 0 Å². The standard InChI is InChI=1S/C16H31N3O2/c1-12-14(17-13-8-10-18(5)11-13)7-6-9-19(12)15(20)21-16(2,3)4/h12-14,17H,6-11H2,1-5H3. The zero-order valence-corrected chi connectivity index (χ0v) is 14.2. The number of amides is 1. The molecule has 1 amide bonds. The van der Waals surface area contributed by atoms with Gasteiger partial charge in [-0.05, 0) is 60.5 Å². The maximum atomic E-state index is 12.3. The van der Waals surface area contributed by atoms with Crippen LogP contribution in [0.4, 0.5) is 4.79 Å². The summed E-state index contributed by atoms with van der Waals surface area (Å²) in [5.74, 6) is 0. The van der Waals surface area contributed by atoms with Gasteiger partial charge in [0.1, 0.15) is 5.60 Å². The molecule has 2 aliphatic rings. The van der Waals surface area contributed by atoms with Gasteiger partial charge in [0.15, 0.2) is 0 Å². The van der Waals surface area contributed by atoms with Crippen molar-refractivity contribution in [1.82, 2.24) is 15.1 Å². The molecule has 0 aromatic heterocycles. The van der Waals surface area contributed by atoms with Gasteiger partial charge in [-0.2, -0.15) is 0 Å². The molecule has 2 rings (SSSR count). The zero-order chi connectivity index (χ0) is 15.6. The number of piperidine rings is 1. The lowest BCUT2D eigenvalue weighted by Crippen LogP contribution is -2.57. The Morgan fingerprint density at radius 1 is 1.24 bits per heavy atom. The fourth-order valence-corrected chi connectivity index (χ4v) is 3.32. The topological polar surface area (TPSA) is 44.8 Å². The van der Waals surface area contributed by atoms with E-state index in [-0.39, 0.29) is 12.1 Å². The van der Waals surface area contributed by atoms with Gasteiger partial charge in [-0.25, -0.2) is 4.79 Å². The summed E-state index contributed by atoms with van der Waals surface area (Å²) < 4.78 is 5.53. The maximum Gasteiger partial charge on any atom is 0.410 e. The molecule has 3 unspecified atom stereocenters. The first kappa shape index (κ1) is 16.6. The van der Waals surface area contributed by atoms with Gasteiger partial charge >= 0.3 is 6.09 Å². The Labute approximate surface area is 129 Å². The van der Waals surface area contributed by atoms with Crippen molar-refractivity contribution in [2.45, 2.75) is 70.7 Å². The maximum absolute atomic E-state index is 12.3. The fraction of sp³-hybridized carbons (Fsp3) is 0.938. The molecule has 1 N–H and O–H groups in total. The van der Waals surface area contributed by atoms with Gasteiger partial charge in [0.05, 0.1) is 0 Å². The highest BCUT2D eigenvalue weighted by molar-refractivity contribution is 5.68. The van der Waals surface area contributed by atoms with Crippen molar-refractivity contribution >= 4 is 6.09 Å². The van der Waals surface area contributed by atoms with Crippen LogP contribution in [0.25, 0.3) is 0 Å². The van der Waals surface area contributed by atoms with Gasteiger partial charge in [0.2, 0.25) is 0 Å². The van der Waals surface area contributed by atoms with Gasteiger partial charge in [0.25, 0.3) is 0 Å². The van der Waals surface area contributed by atoms with E-state index in [1.54, 1.807) is 0 Å². The van der Waals surface area contributed by atoms with Crippen molar-refractivity contribution in [3.8, 4) is 0 Å². The summed E-state index contributed by atoms with van der Waals surface area (Å²) in [5.41, 5.74) is -0.425. The molecular formula is C16H31N3O2. The van der Waals surface area contributed by atoms with E-state index in [4.69, 9.17) is 4.74 Å². The van der Waals surface area contributed by atoms with Crippen LogP contribution in [0, 0.1) is 0 Å². The fourth-order valence-electron chi connectivity index (χ4n) is 3.32. The molecule has 2 heterocycles. The van der Waals surface area contributed by atoms with E-state index >= 15 is 0 Å². The summed E-state index contributed by atoms with van der Waals surface area (Å²) >= 11 is 0. The molecule has 2 fully saturated rings. The van der Waals surface area contributed by atoms with E-state index in [0.29, 0.717) is 12.1 Å². The van der Waals surface area contributed by atoms with Gasteiger partial charge in [-0.1, -0.05) is 0 Å². The molecule has 2 aliphatic heterocycles. The second-order valence-electron chi connectivity index (χ2n) is 7.58. The van der Waals surface area contributed by atoms with E-state index in [0.717, 1.165) is 32.5 Å². The predicted molar refractivity (Wildman–Crippen MR) is 84.5 cm³/mol. The van der Waals surface area contributed by atoms with Gasteiger partial charge in [-0.3, -0.25) is 0 Å². The summed E-state index contributed by atoms with van der Waals surface area (Å²) in [5, 5.41) is 3.75. The average Bonchev–Trinajstić information content (AvgIpc) is 2.75. The molecule has 0 aliphatic carbocycles. The highest BCUT2D eigenvalue weighted by atomic mass is 16.6. The molecule has 21 heavy (non-hydrogen) atoms. The molecule has 0 bridgehead atoms. The lowest BCUT2D eigenvalue weighted by molar-refractivity contribution is 0.00640. The normalized spacial score (nSPS) is 31.5. The van der Waals surface area contributed by atoms with E-state index in [9.17, 15) is 4.79 Å². The first-order valence-corrected chi connectivity index (χ1v) is 8.20. The first-order chi connectivity index (χ1) is 9.76. The van der Waals surface area contributed by atoms with Crippen LogP contribution < -0.4 is 5.32 Å². The van der Waals surface area contributed by atoms with Crippen LogP contribution >= 0.6 is 0 Å². The van der Waals surface area contributed by atoms with Crippen LogP contribution in [0.15, 0.2) is 0 Å². The number of likely N-dealkylation sites (tertiary alicyclic amines) is 2.